The van der Waals surface area contributed by atoms with Gasteiger partial charge in [-0.3, -0.25) is 4.79 Å². The molecule has 0 saturated carbocycles. The first-order chi connectivity index (χ1) is 17.1. The van der Waals surface area contributed by atoms with E-state index >= 15 is 0 Å². The van der Waals surface area contributed by atoms with E-state index in [0.29, 0.717) is 12.2 Å². The van der Waals surface area contributed by atoms with Crippen LogP contribution in [0, 0.1) is 13.8 Å². The first kappa shape index (κ1) is 23.1. The van der Waals surface area contributed by atoms with Crippen molar-refractivity contribution in [3.8, 4) is 22.6 Å². The lowest BCUT2D eigenvalue weighted by atomic mass is 9.98. The third-order valence-electron chi connectivity index (χ3n) is 7.24. The lowest BCUT2D eigenvalue weighted by molar-refractivity contribution is 0.0926. The molecule has 0 aliphatic heterocycles. The Morgan fingerprint density at radius 3 is 2.49 bits per heavy atom. The van der Waals surface area contributed by atoms with Crippen LogP contribution < -0.4 is 5.32 Å². The molecule has 1 N–H and O–H groups in total. The van der Waals surface area contributed by atoms with Crippen molar-refractivity contribution in [2.24, 2.45) is 0 Å². The average Bonchev–Trinajstić information content (AvgIpc) is 3.16. The van der Waals surface area contributed by atoms with Crippen molar-refractivity contribution in [2.75, 3.05) is 0 Å². The van der Waals surface area contributed by atoms with Gasteiger partial charge in [0, 0.05) is 17.7 Å². The van der Waals surface area contributed by atoms with E-state index in [0.717, 1.165) is 48.3 Å². The summed E-state index contributed by atoms with van der Waals surface area (Å²) in [6, 6.07) is 25.0. The third-order valence-corrected chi connectivity index (χ3v) is 7.24. The number of hydrogen-bond acceptors (Lipinski definition) is 2. The lowest BCUT2D eigenvalue weighted by Gasteiger charge is -2.20. The summed E-state index contributed by atoms with van der Waals surface area (Å²) in [6.07, 6.45) is 4.28. The van der Waals surface area contributed by atoms with Crippen molar-refractivity contribution in [1.82, 2.24) is 14.9 Å². The number of imidazole rings is 1. The van der Waals surface area contributed by atoms with Crippen molar-refractivity contribution >= 4 is 5.91 Å². The molecular weight excluding hydrogens is 430 g/mol. The molecule has 4 aromatic rings. The Kier molecular flexibility index (Phi) is 6.54. The van der Waals surface area contributed by atoms with Gasteiger partial charge < -0.3 is 9.88 Å². The van der Waals surface area contributed by atoms with Crippen molar-refractivity contribution in [3.05, 3.63) is 101 Å². The largest absolute Gasteiger partial charge is 0.344 e. The van der Waals surface area contributed by atoms with Gasteiger partial charge >= 0.3 is 0 Å². The van der Waals surface area contributed by atoms with Crippen LogP contribution in [0.1, 0.15) is 65.0 Å². The molecule has 0 fully saturated rings. The molecule has 1 heterocycles. The van der Waals surface area contributed by atoms with Gasteiger partial charge in [0.25, 0.3) is 5.91 Å². The zero-order valence-corrected chi connectivity index (χ0v) is 20.8. The Morgan fingerprint density at radius 1 is 0.943 bits per heavy atom. The normalized spacial score (nSPS) is 15.3. The fourth-order valence-corrected chi connectivity index (χ4v) is 5.19. The minimum absolute atomic E-state index is 0.00850. The van der Waals surface area contributed by atoms with Gasteiger partial charge in [-0.2, -0.15) is 0 Å². The van der Waals surface area contributed by atoms with E-state index in [1.54, 1.807) is 0 Å². The summed E-state index contributed by atoms with van der Waals surface area (Å²) in [6.45, 7) is 6.95. The number of carbonyl (C=O) groups is 1. The Bertz CT molecular complexity index is 1350. The minimum atomic E-state index is -0.0588. The van der Waals surface area contributed by atoms with Crippen molar-refractivity contribution in [2.45, 2.75) is 59.0 Å². The van der Waals surface area contributed by atoms with Gasteiger partial charge in [-0.25, -0.2) is 4.98 Å². The highest BCUT2D eigenvalue weighted by molar-refractivity contribution is 6.00. The summed E-state index contributed by atoms with van der Waals surface area (Å²) < 4.78 is 2.07. The molecule has 5 rings (SSSR count). The van der Waals surface area contributed by atoms with Gasteiger partial charge in [-0.1, -0.05) is 73.2 Å². The summed E-state index contributed by atoms with van der Waals surface area (Å²) in [5, 5.41) is 3.41. The van der Waals surface area contributed by atoms with Crippen LogP contribution in [0.3, 0.4) is 0 Å². The molecule has 4 heteroatoms. The second-order valence-corrected chi connectivity index (χ2v) is 9.51. The highest BCUT2D eigenvalue weighted by Crippen LogP contribution is 2.33. The number of fused-ring (bicyclic) bond motifs is 1. The maximum atomic E-state index is 14.0. The Balaban J connectivity index is 1.62. The number of aromatic nitrogens is 2. The zero-order chi connectivity index (χ0) is 24.4. The second kappa shape index (κ2) is 9.91. The standard InChI is InChI=1S/C31H33N3O/c1-4-34-29(31(35)32-27-17-11-9-13-23-12-8-10-16-26(23)27)28(25-19-18-21(2)22(3)20-25)33-30(34)24-14-6-5-7-15-24/h5-8,10,12,14-16,18-20,27H,4,9,11,13,17H2,1-3H3,(H,32,35). The van der Waals surface area contributed by atoms with Crippen LogP contribution in [-0.4, -0.2) is 15.5 Å². The van der Waals surface area contributed by atoms with E-state index in [2.05, 4.69) is 85.3 Å². The number of benzene rings is 3. The van der Waals surface area contributed by atoms with Crippen molar-refractivity contribution in [3.63, 3.8) is 0 Å². The number of hydrogen-bond donors (Lipinski definition) is 1. The van der Waals surface area contributed by atoms with Gasteiger partial charge in [0.15, 0.2) is 0 Å². The van der Waals surface area contributed by atoms with E-state index in [9.17, 15) is 4.79 Å². The van der Waals surface area contributed by atoms with Crippen LogP contribution in [0.4, 0.5) is 0 Å². The summed E-state index contributed by atoms with van der Waals surface area (Å²) in [5.74, 6) is 0.768. The van der Waals surface area contributed by atoms with Gasteiger partial charge in [-0.05, 0) is 68.4 Å². The molecule has 0 saturated heterocycles. The number of aryl methyl sites for hydroxylation is 3. The van der Waals surface area contributed by atoms with Gasteiger partial charge in [0.1, 0.15) is 17.2 Å². The molecular formula is C31H33N3O. The van der Waals surface area contributed by atoms with Gasteiger partial charge in [0.2, 0.25) is 0 Å². The number of nitrogens with one attached hydrogen (secondary N) is 1. The van der Waals surface area contributed by atoms with Crippen molar-refractivity contribution in [1.29, 1.82) is 0 Å². The van der Waals surface area contributed by atoms with Crippen LogP contribution in [0.2, 0.25) is 0 Å². The summed E-state index contributed by atoms with van der Waals surface area (Å²) >= 11 is 0. The van der Waals surface area contributed by atoms with Crippen LogP contribution in [0.5, 0.6) is 0 Å². The van der Waals surface area contributed by atoms with Crippen LogP contribution in [0.15, 0.2) is 72.8 Å². The smallest absolute Gasteiger partial charge is 0.270 e. The second-order valence-electron chi connectivity index (χ2n) is 9.51. The van der Waals surface area contributed by atoms with E-state index in [-0.39, 0.29) is 11.9 Å². The molecule has 178 valence electrons. The molecule has 0 radical (unpaired) electrons. The molecule has 1 aliphatic carbocycles. The average molecular weight is 464 g/mol. The number of carbonyl (C=O) groups excluding carboxylic acids is 1. The van der Waals surface area contributed by atoms with E-state index in [4.69, 9.17) is 4.98 Å². The van der Waals surface area contributed by atoms with E-state index < -0.39 is 0 Å². The Labute approximate surface area is 208 Å². The highest BCUT2D eigenvalue weighted by Gasteiger charge is 2.27. The van der Waals surface area contributed by atoms with Crippen molar-refractivity contribution < 1.29 is 4.79 Å². The predicted molar refractivity (Wildman–Crippen MR) is 142 cm³/mol. The fraction of sp³-hybridized carbons (Fsp3) is 0.290. The molecule has 3 aromatic carbocycles. The maximum absolute atomic E-state index is 14.0. The van der Waals surface area contributed by atoms with Crippen LogP contribution in [0.25, 0.3) is 22.6 Å². The quantitative estimate of drug-likeness (QED) is 0.322. The first-order valence-corrected chi connectivity index (χ1v) is 12.7. The Morgan fingerprint density at radius 2 is 1.71 bits per heavy atom. The van der Waals surface area contributed by atoms with E-state index in [1.165, 1.54) is 22.3 Å². The molecule has 4 nitrogen and oxygen atoms in total. The monoisotopic (exact) mass is 463 g/mol. The molecule has 1 aliphatic rings. The molecule has 1 aromatic heterocycles. The molecule has 35 heavy (non-hydrogen) atoms. The summed E-state index contributed by atoms with van der Waals surface area (Å²) in [7, 11) is 0. The van der Waals surface area contributed by atoms with Crippen LogP contribution >= 0.6 is 0 Å². The highest BCUT2D eigenvalue weighted by atomic mass is 16.2. The fourth-order valence-electron chi connectivity index (χ4n) is 5.19. The maximum Gasteiger partial charge on any atom is 0.270 e. The lowest BCUT2D eigenvalue weighted by Crippen LogP contribution is -2.31. The topological polar surface area (TPSA) is 46.9 Å². The molecule has 1 amide bonds. The SMILES string of the molecule is CCn1c(-c2ccccc2)nc(-c2ccc(C)c(C)c2)c1C(=O)NC1CCCCc2ccccc21. The van der Waals surface area contributed by atoms with Gasteiger partial charge in [0.05, 0.1) is 6.04 Å². The number of rotatable bonds is 5. The van der Waals surface area contributed by atoms with Crippen LogP contribution in [-0.2, 0) is 13.0 Å². The zero-order valence-electron chi connectivity index (χ0n) is 20.8. The summed E-state index contributed by atoms with van der Waals surface area (Å²) in [4.78, 5) is 19.1. The van der Waals surface area contributed by atoms with Gasteiger partial charge in [-0.15, -0.1) is 0 Å². The number of amides is 1. The predicted octanol–water partition coefficient (Wildman–Crippen LogP) is 7.05. The molecule has 1 atom stereocenters. The molecule has 0 bridgehead atoms. The minimum Gasteiger partial charge on any atom is -0.344 e. The number of nitrogens with zero attached hydrogens (tertiary/aromatic N) is 2. The molecule has 0 spiro atoms. The Hall–Kier alpha value is -3.66. The summed E-state index contributed by atoms with van der Waals surface area (Å²) in [5.41, 5.74) is 8.38. The first-order valence-electron chi connectivity index (χ1n) is 12.7. The van der Waals surface area contributed by atoms with E-state index in [1.807, 2.05) is 18.2 Å². The third kappa shape index (κ3) is 4.53. The molecule has 1 unspecified atom stereocenters.